The Balaban J connectivity index is 1.72. The molecule has 0 bridgehead atoms. The normalized spacial score (nSPS) is 13.8. The molecule has 3 rings (SSSR count). The molecule has 5 heteroatoms. The zero-order valence-electron chi connectivity index (χ0n) is 11.3. The molecule has 1 saturated carbocycles. The summed E-state index contributed by atoms with van der Waals surface area (Å²) in [6.45, 7) is 0. The van der Waals surface area contributed by atoms with E-state index in [9.17, 15) is 4.79 Å². The van der Waals surface area contributed by atoms with Crippen molar-refractivity contribution in [3.63, 3.8) is 0 Å². The van der Waals surface area contributed by atoms with Crippen LogP contribution in [0.15, 0.2) is 42.9 Å². The molecule has 0 spiro atoms. The van der Waals surface area contributed by atoms with Gasteiger partial charge in [0.15, 0.2) is 0 Å². The first-order chi connectivity index (χ1) is 9.74. The molecule has 0 atom stereocenters. The van der Waals surface area contributed by atoms with Crippen LogP contribution in [0.25, 0.3) is 0 Å². The van der Waals surface area contributed by atoms with Crippen LogP contribution in [0.1, 0.15) is 23.2 Å². The minimum Gasteiger partial charge on any atom is -0.367 e. The van der Waals surface area contributed by atoms with Crippen LogP contribution in [0.4, 0.5) is 11.5 Å². The summed E-state index contributed by atoms with van der Waals surface area (Å²) in [6.07, 6.45) is 7.34. The summed E-state index contributed by atoms with van der Waals surface area (Å²) < 4.78 is 0. The molecule has 102 valence electrons. The van der Waals surface area contributed by atoms with E-state index in [1.165, 1.54) is 12.8 Å². The first-order valence-electron chi connectivity index (χ1n) is 6.65. The molecule has 1 N–H and O–H groups in total. The Hall–Kier alpha value is -2.43. The van der Waals surface area contributed by atoms with Crippen LogP contribution < -0.4 is 10.2 Å². The van der Waals surface area contributed by atoms with Gasteiger partial charge in [0.2, 0.25) is 0 Å². The van der Waals surface area contributed by atoms with Gasteiger partial charge in [-0.25, -0.2) is 4.98 Å². The maximum absolute atomic E-state index is 12.3. The predicted molar refractivity (Wildman–Crippen MR) is 77.9 cm³/mol. The van der Waals surface area contributed by atoms with E-state index in [2.05, 4.69) is 15.3 Å². The van der Waals surface area contributed by atoms with Crippen LogP contribution in [0.3, 0.4) is 0 Å². The van der Waals surface area contributed by atoms with Gasteiger partial charge in [0.05, 0.1) is 17.4 Å². The third-order valence-electron chi connectivity index (χ3n) is 3.28. The molecule has 2 aromatic rings. The number of rotatable bonds is 4. The number of nitrogens with zero attached hydrogens (tertiary/aromatic N) is 3. The molecule has 0 unspecified atom stereocenters. The average Bonchev–Trinajstić information content (AvgIpc) is 3.31. The van der Waals surface area contributed by atoms with Crippen molar-refractivity contribution in [1.29, 1.82) is 0 Å². The number of amides is 1. The van der Waals surface area contributed by atoms with E-state index in [0.29, 0.717) is 11.6 Å². The van der Waals surface area contributed by atoms with E-state index < -0.39 is 0 Å². The van der Waals surface area contributed by atoms with E-state index >= 15 is 0 Å². The zero-order chi connectivity index (χ0) is 13.9. The smallest absolute Gasteiger partial charge is 0.259 e. The fourth-order valence-corrected chi connectivity index (χ4v) is 1.91. The molecule has 1 aliphatic carbocycles. The van der Waals surface area contributed by atoms with Crippen molar-refractivity contribution in [3.8, 4) is 0 Å². The average molecular weight is 268 g/mol. The number of hydrogen-bond donors (Lipinski definition) is 1. The molecule has 20 heavy (non-hydrogen) atoms. The maximum Gasteiger partial charge on any atom is 0.259 e. The van der Waals surface area contributed by atoms with Crippen LogP contribution in [-0.4, -0.2) is 29.0 Å². The highest BCUT2D eigenvalue weighted by Crippen LogP contribution is 2.24. The Bertz CT molecular complexity index is 593. The first kappa shape index (κ1) is 12.6. The second-order valence-electron chi connectivity index (χ2n) is 4.93. The van der Waals surface area contributed by atoms with Crippen LogP contribution in [-0.2, 0) is 0 Å². The summed E-state index contributed by atoms with van der Waals surface area (Å²) in [5.41, 5.74) is 1.33. The molecule has 5 nitrogen and oxygen atoms in total. The molecular formula is C15H16N4O. The van der Waals surface area contributed by atoms with Gasteiger partial charge in [-0.05, 0) is 37.1 Å². The lowest BCUT2D eigenvalue weighted by atomic mass is 10.2. The number of carbonyl (C=O) groups excluding carboxylic acids is 1. The van der Waals surface area contributed by atoms with E-state index in [1.807, 2.05) is 12.1 Å². The van der Waals surface area contributed by atoms with Gasteiger partial charge in [0, 0.05) is 25.5 Å². The summed E-state index contributed by atoms with van der Waals surface area (Å²) in [4.78, 5) is 22.1. The zero-order valence-corrected chi connectivity index (χ0v) is 11.3. The standard InChI is InChI=1S/C15H16N4O/c1-19(15(20)11-3-2-8-16-9-11)13-6-7-14(17-10-13)18-12-4-5-12/h2-3,6-10,12H,4-5H2,1H3,(H,17,18). The minimum absolute atomic E-state index is 0.0946. The van der Waals surface area contributed by atoms with Gasteiger partial charge in [-0.1, -0.05) is 0 Å². The fraction of sp³-hybridized carbons (Fsp3) is 0.267. The number of carbonyl (C=O) groups is 1. The molecule has 0 aromatic carbocycles. The summed E-state index contributed by atoms with van der Waals surface area (Å²) in [7, 11) is 1.74. The Morgan fingerprint density at radius 1 is 1.30 bits per heavy atom. The van der Waals surface area contributed by atoms with Crippen molar-refractivity contribution >= 4 is 17.4 Å². The predicted octanol–water partition coefficient (Wildman–Crippen LogP) is 2.33. The number of hydrogen-bond acceptors (Lipinski definition) is 4. The van der Waals surface area contributed by atoms with Crippen LogP contribution >= 0.6 is 0 Å². The van der Waals surface area contributed by atoms with E-state index in [0.717, 1.165) is 11.5 Å². The topological polar surface area (TPSA) is 58.1 Å². The lowest BCUT2D eigenvalue weighted by molar-refractivity contribution is 0.0992. The van der Waals surface area contributed by atoms with Gasteiger partial charge >= 0.3 is 0 Å². The van der Waals surface area contributed by atoms with Crippen LogP contribution in [0, 0.1) is 0 Å². The second-order valence-corrected chi connectivity index (χ2v) is 4.93. The molecule has 1 fully saturated rings. The Labute approximate surface area is 117 Å². The quantitative estimate of drug-likeness (QED) is 0.924. The van der Waals surface area contributed by atoms with E-state index in [1.54, 1.807) is 42.7 Å². The lowest BCUT2D eigenvalue weighted by Crippen LogP contribution is -2.26. The fourth-order valence-electron chi connectivity index (χ4n) is 1.91. The van der Waals surface area contributed by atoms with Crippen molar-refractivity contribution in [2.75, 3.05) is 17.3 Å². The molecule has 1 amide bonds. The lowest BCUT2D eigenvalue weighted by Gasteiger charge is -2.17. The van der Waals surface area contributed by atoms with Crippen LogP contribution in [0.2, 0.25) is 0 Å². The van der Waals surface area contributed by atoms with Gasteiger partial charge in [0.25, 0.3) is 5.91 Å². The maximum atomic E-state index is 12.3. The minimum atomic E-state index is -0.0946. The first-order valence-corrected chi connectivity index (χ1v) is 6.65. The third-order valence-corrected chi connectivity index (χ3v) is 3.28. The van der Waals surface area contributed by atoms with Gasteiger partial charge < -0.3 is 10.2 Å². The molecule has 0 radical (unpaired) electrons. The highest BCUT2D eigenvalue weighted by Gasteiger charge is 2.21. The Kier molecular flexibility index (Phi) is 3.33. The number of anilines is 2. The van der Waals surface area contributed by atoms with Gasteiger partial charge in [-0.2, -0.15) is 0 Å². The summed E-state index contributed by atoms with van der Waals surface area (Å²) >= 11 is 0. The van der Waals surface area contributed by atoms with Gasteiger partial charge in [-0.15, -0.1) is 0 Å². The monoisotopic (exact) mass is 268 g/mol. The molecule has 2 heterocycles. The molecular weight excluding hydrogens is 252 g/mol. The SMILES string of the molecule is CN(C(=O)c1cccnc1)c1ccc(NC2CC2)nc1. The highest BCUT2D eigenvalue weighted by atomic mass is 16.2. The number of pyridine rings is 2. The molecule has 0 aliphatic heterocycles. The van der Waals surface area contributed by atoms with Crippen LogP contribution in [0.5, 0.6) is 0 Å². The molecule has 0 saturated heterocycles. The molecule has 2 aromatic heterocycles. The highest BCUT2D eigenvalue weighted by molar-refractivity contribution is 6.05. The van der Waals surface area contributed by atoms with Crippen molar-refractivity contribution < 1.29 is 4.79 Å². The number of nitrogens with one attached hydrogen (secondary N) is 1. The van der Waals surface area contributed by atoms with Gasteiger partial charge in [0.1, 0.15) is 5.82 Å². The largest absolute Gasteiger partial charge is 0.367 e. The van der Waals surface area contributed by atoms with Crippen molar-refractivity contribution in [2.45, 2.75) is 18.9 Å². The van der Waals surface area contributed by atoms with E-state index in [4.69, 9.17) is 0 Å². The molecule has 1 aliphatic rings. The Morgan fingerprint density at radius 2 is 2.15 bits per heavy atom. The van der Waals surface area contributed by atoms with Crippen molar-refractivity contribution in [3.05, 3.63) is 48.4 Å². The number of aromatic nitrogens is 2. The Morgan fingerprint density at radius 3 is 2.75 bits per heavy atom. The van der Waals surface area contributed by atoms with Gasteiger partial charge in [-0.3, -0.25) is 9.78 Å². The third kappa shape index (κ3) is 2.77. The van der Waals surface area contributed by atoms with Crippen molar-refractivity contribution in [2.24, 2.45) is 0 Å². The second kappa shape index (κ2) is 5.28. The summed E-state index contributed by atoms with van der Waals surface area (Å²) in [5, 5.41) is 3.32. The van der Waals surface area contributed by atoms with E-state index in [-0.39, 0.29) is 5.91 Å². The van der Waals surface area contributed by atoms with Crippen molar-refractivity contribution in [1.82, 2.24) is 9.97 Å². The summed E-state index contributed by atoms with van der Waals surface area (Å²) in [6, 6.07) is 7.87. The summed E-state index contributed by atoms with van der Waals surface area (Å²) in [5.74, 6) is 0.765.